The first-order valence-corrected chi connectivity index (χ1v) is 8.18. The van der Waals surface area contributed by atoms with Crippen LogP contribution < -0.4 is 5.32 Å². The monoisotopic (exact) mass is 325 g/mol. The van der Waals surface area contributed by atoms with Crippen molar-refractivity contribution in [2.24, 2.45) is 5.41 Å². The molecular formula is C16H21BrFN. The Kier molecular flexibility index (Phi) is 3.84. The number of hydrogen-bond donors (Lipinski definition) is 1. The Hall–Kier alpha value is -0.570. The van der Waals surface area contributed by atoms with E-state index in [0.29, 0.717) is 17.1 Å². The van der Waals surface area contributed by atoms with E-state index in [2.05, 4.69) is 21.2 Å². The van der Waals surface area contributed by atoms with Crippen LogP contribution in [0.4, 0.5) is 10.1 Å². The molecule has 1 aromatic carbocycles. The summed E-state index contributed by atoms with van der Waals surface area (Å²) in [6.07, 6.45) is 10.7. The van der Waals surface area contributed by atoms with Crippen molar-refractivity contribution in [1.82, 2.24) is 0 Å². The van der Waals surface area contributed by atoms with Gasteiger partial charge in [-0.3, -0.25) is 0 Å². The van der Waals surface area contributed by atoms with Crippen molar-refractivity contribution < 1.29 is 4.39 Å². The highest BCUT2D eigenvalue weighted by atomic mass is 79.9. The van der Waals surface area contributed by atoms with Gasteiger partial charge in [-0.1, -0.05) is 18.9 Å². The Bertz CT molecular complexity index is 424. The summed E-state index contributed by atoms with van der Waals surface area (Å²) in [6, 6.07) is 5.58. The highest BCUT2D eigenvalue weighted by Crippen LogP contribution is 2.49. The average Bonchev–Trinajstić information content (AvgIpc) is 2.85. The molecule has 2 fully saturated rings. The van der Waals surface area contributed by atoms with Gasteiger partial charge in [0, 0.05) is 10.5 Å². The molecule has 1 nitrogen and oxygen atoms in total. The topological polar surface area (TPSA) is 12.0 Å². The van der Waals surface area contributed by atoms with Crippen LogP contribution in [0.25, 0.3) is 0 Å². The summed E-state index contributed by atoms with van der Waals surface area (Å²) in [7, 11) is 0. The quantitative estimate of drug-likeness (QED) is 0.756. The van der Waals surface area contributed by atoms with E-state index in [4.69, 9.17) is 0 Å². The Labute approximate surface area is 123 Å². The fourth-order valence-electron chi connectivity index (χ4n) is 3.84. The SMILES string of the molecule is Fc1cccc(Br)c1NC1CCC2(CCCC2)CC1. The molecule has 0 amide bonds. The van der Waals surface area contributed by atoms with Crippen molar-refractivity contribution in [3.8, 4) is 0 Å². The highest BCUT2D eigenvalue weighted by Gasteiger charge is 2.37. The van der Waals surface area contributed by atoms with Crippen LogP contribution in [-0.4, -0.2) is 6.04 Å². The molecule has 1 N–H and O–H groups in total. The van der Waals surface area contributed by atoms with Crippen molar-refractivity contribution in [2.45, 2.75) is 57.4 Å². The van der Waals surface area contributed by atoms with Crippen LogP contribution in [0, 0.1) is 11.2 Å². The van der Waals surface area contributed by atoms with E-state index in [1.54, 1.807) is 6.07 Å². The van der Waals surface area contributed by atoms with E-state index in [-0.39, 0.29) is 5.82 Å². The largest absolute Gasteiger partial charge is 0.379 e. The first-order valence-electron chi connectivity index (χ1n) is 7.39. The zero-order valence-electron chi connectivity index (χ0n) is 11.2. The van der Waals surface area contributed by atoms with Crippen LogP contribution >= 0.6 is 15.9 Å². The van der Waals surface area contributed by atoms with E-state index in [9.17, 15) is 4.39 Å². The number of nitrogens with one attached hydrogen (secondary N) is 1. The number of hydrogen-bond acceptors (Lipinski definition) is 1. The third kappa shape index (κ3) is 2.81. The number of halogens is 2. The van der Waals surface area contributed by atoms with Gasteiger partial charge in [-0.2, -0.15) is 0 Å². The molecule has 2 aliphatic carbocycles. The number of rotatable bonds is 2. The molecule has 3 heteroatoms. The number of benzene rings is 1. The molecule has 0 aliphatic heterocycles. The van der Waals surface area contributed by atoms with Crippen LogP contribution in [0.3, 0.4) is 0 Å². The fourth-order valence-corrected chi connectivity index (χ4v) is 4.30. The van der Waals surface area contributed by atoms with Gasteiger partial charge in [0.15, 0.2) is 0 Å². The summed E-state index contributed by atoms with van der Waals surface area (Å²) in [5.41, 5.74) is 1.28. The molecule has 1 spiro atoms. The van der Waals surface area contributed by atoms with Gasteiger partial charge in [-0.25, -0.2) is 4.39 Å². The first kappa shape index (κ1) is 13.4. The molecule has 0 bridgehead atoms. The standard InChI is InChI=1S/C16H21BrFN/c17-13-4-3-5-14(18)15(13)19-12-6-10-16(11-7-12)8-1-2-9-16/h3-5,12,19H,1-2,6-11H2. The number of para-hydroxylation sites is 1. The van der Waals surface area contributed by atoms with Gasteiger partial charge in [0.05, 0.1) is 5.69 Å². The zero-order valence-corrected chi connectivity index (χ0v) is 12.8. The molecule has 0 aromatic heterocycles. The van der Waals surface area contributed by atoms with Crippen LogP contribution in [0.5, 0.6) is 0 Å². The first-order chi connectivity index (χ1) is 9.19. The van der Waals surface area contributed by atoms with Crippen LogP contribution in [0.15, 0.2) is 22.7 Å². The second-order valence-corrected chi connectivity index (χ2v) is 7.08. The molecule has 104 valence electrons. The Morgan fingerprint density at radius 1 is 1.11 bits per heavy atom. The minimum Gasteiger partial charge on any atom is -0.379 e. The smallest absolute Gasteiger partial charge is 0.147 e. The molecule has 0 atom stereocenters. The Morgan fingerprint density at radius 2 is 1.79 bits per heavy atom. The molecule has 0 saturated heterocycles. The van der Waals surface area contributed by atoms with E-state index in [0.717, 1.165) is 4.47 Å². The van der Waals surface area contributed by atoms with Gasteiger partial charge in [-0.15, -0.1) is 0 Å². The highest BCUT2D eigenvalue weighted by molar-refractivity contribution is 9.10. The van der Waals surface area contributed by atoms with Crippen molar-refractivity contribution in [1.29, 1.82) is 0 Å². The fraction of sp³-hybridized carbons (Fsp3) is 0.625. The summed E-state index contributed by atoms with van der Waals surface area (Å²) in [6.45, 7) is 0. The van der Waals surface area contributed by atoms with E-state index in [1.807, 2.05) is 6.07 Å². The Balaban J connectivity index is 1.63. The van der Waals surface area contributed by atoms with Crippen LogP contribution in [-0.2, 0) is 0 Å². The van der Waals surface area contributed by atoms with Gasteiger partial charge < -0.3 is 5.32 Å². The van der Waals surface area contributed by atoms with E-state index < -0.39 is 0 Å². The lowest BCUT2D eigenvalue weighted by molar-refractivity contribution is 0.188. The lowest BCUT2D eigenvalue weighted by Gasteiger charge is -2.38. The summed E-state index contributed by atoms with van der Waals surface area (Å²) in [4.78, 5) is 0. The van der Waals surface area contributed by atoms with Crippen molar-refractivity contribution in [3.05, 3.63) is 28.5 Å². The van der Waals surface area contributed by atoms with Gasteiger partial charge >= 0.3 is 0 Å². The third-order valence-electron chi connectivity index (χ3n) is 5.02. The van der Waals surface area contributed by atoms with Gasteiger partial charge in [0.25, 0.3) is 0 Å². The maximum absolute atomic E-state index is 13.8. The zero-order chi connectivity index (χ0) is 13.3. The molecule has 0 unspecified atom stereocenters. The second kappa shape index (κ2) is 5.43. The molecule has 19 heavy (non-hydrogen) atoms. The molecule has 2 saturated carbocycles. The molecule has 0 heterocycles. The van der Waals surface area contributed by atoms with E-state index >= 15 is 0 Å². The maximum atomic E-state index is 13.8. The maximum Gasteiger partial charge on any atom is 0.147 e. The van der Waals surface area contributed by atoms with Gasteiger partial charge in [-0.05, 0) is 72.0 Å². The number of anilines is 1. The summed E-state index contributed by atoms with van der Waals surface area (Å²) in [5.74, 6) is -0.157. The predicted molar refractivity (Wildman–Crippen MR) is 80.9 cm³/mol. The van der Waals surface area contributed by atoms with Crippen molar-refractivity contribution in [3.63, 3.8) is 0 Å². The van der Waals surface area contributed by atoms with E-state index in [1.165, 1.54) is 57.4 Å². The lowest BCUT2D eigenvalue weighted by Crippen LogP contribution is -2.32. The summed E-state index contributed by atoms with van der Waals surface area (Å²) in [5, 5.41) is 3.40. The molecular weight excluding hydrogens is 305 g/mol. The predicted octanol–water partition coefficient (Wildman–Crippen LogP) is 5.50. The minimum atomic E-state index is -0.157. The lowest BCUT2D eigenvalue weighted by atomic mass is 9.71. The van der Waals surface area contributed by atoms with Crippen LogP contribution in [0.1, 0.15) is 51.4 Å². The van der Waals surface area contributed by atoms with Crippen LogP contribution in [0.2, 0.25) is 0 Å². The normalized spacial score (nSPS) is 22.8. The second-order valence-electron chi connectivity index (χ2n) is 6.22. The Morgan fingerprint density at radius 3 is 2.42 bits per heavy atom. The summed E-state index contributed by atoms with van der Waals surface area (Å²) < 4.78 is 14.6. The molecule has 1 aromatic rings. The molecule has 2 aliphatic rings. The minimum absolute atomic E-state index is 0.157. The van der Waals surface area contributed by atoms with Crippen molar-refractivity contribution in [2.75, 3.05) is 5.32 Å². The average molecular weight is 326 g/mol. The molecule has 0 radical (unpaired) electrons. The van der Waals surface area contributed by atoms with Gasteiger partial charge in [0.1, 0.15) is 5.82 Å². The molecule has 3 rings (SSSR count). The summed E-state index contributed by atoms with van der Waals surface area (Å²) >= 11 is 3.43. The van der Waals surface area contributed by atoms with Crippen molar-refractivity contribution >= 4 is 21.6 Å². The van der Waals surface area contributed by atoms with Gasteiger partial charge in [0.2, 0.25) is 0 Å². The third-order valence-corrected chi connectivity index (χ3v) is 5.68.